The first kappa shape index (κ1) is 14.5. The molecule has 0 bridgehead atoms. The SMILES string of the molecule is CC(C)COC1CC(NCc2ncn(C)n2)C1(C)C. The van der Waals surface area contributed by atoms with Crippen molar-refractivity contribution in [2.45, 2.75) is 52.8 Å². The molecule has 1 fully saturated rings. The predicted molar refractivity (Wildman–Crippen MR) is 74.6 cm³/mol. The zero-order valence-electron chi connectivity index (χ0n) is 12.7. The van der Waals surface area contributed by atoms with E-state index in [2.05, 4.69) is 43.1 Å². The van der Waals surface area contributed by atoms with Gasteiger partial charge in [-0.05, 0) is 12.3 Å². The van der Waals surface area contributed by atoms with E-state index in [4.69, 9.17) is 4.74 Å². The van der Waals surface area contributed by atoms with Crippen LogP contribution >= 0.6 is 0 Å². The minimum Gasteiger partial charge on any atom is -0.377 e. The van der Waals surface area contributed by atoms with Gasteiger partial charge in [0.05, 0.1) is 12.6 Å². The number of nitrogens with zero attached hydrogens (tertiary/aromatic N) is 3. The van der Waals surface area contributed by atoms with E-state index in [0.29, 0.717) is 18.1 Å². The third kappa shape index (κ3) is 3.34. The standard InChI is InChI=1S/C14H26N4O/c1-10(2)8-19-12-6-11(14(12,3)4)15-7-13-16-9-18(5)17-13/h9-12,15H,6-8H2,1-5H3. The molecule has 1 saturated carbocycles. The molecule has 5 heteroatoms. The molecule has 0 spiro atoms. The second kappa shape index (κ2) is 5.59. The van der Waals surface area contributed by atoms with Crippen molar-refractivity contribution in [1.82, 2.24) is 20.1 Å². The van der Waals surface area contributed by atoms with Crippen LogP contribution in [0, 0.1) is 11.3 Å². The molecule has 0 saturated heterocycles. The van der Waals surface area contributed by atoms with Gasteiger partial charge < -0.3 is 10.1 Å². The molecular formula is C14H26N4O. The summed E-state index contributed by atoms with van der Waals surface area (Å²) in [5.41, 5.74) is 0.184. The van der Waals surface area contributed by atoms with Gasteiger partial charge >= 0.3 is 0 Å². The Labute approximate surface area is 115 Å². The molecule has 1 N–H and O–H groups in total. The summed E-state index contributed by atoms with van der Waals surface area (Å²) in [6.45, 7) is 10.5. The van der Waals surface area contributed by atoms with Crippen molar-refractivity contribution in [3.8, 4) is 0 Å². The maximum Gasteiger partial charge on any atom is 0.164 e. The second-order valence-electron chi connectivity index (χ2n) is 6.54. The van der Waals surface area contributed by atoms with Crippen LogP contribution in [0.3, 0.4) is 0 Å². The Morgan fingerprint density at radius 1 is 1.53 bits per heavy atom. The van der Waals surface area contributed by atoms with Crippen LogP contribution < -0.4 is 5.32 Å². The summed E-state index contributed by atoms with van der Waals surface area (Å²) < 4.78 is 7.70. The molecule has 108 valence electrons. The van der Waals surface area contributed by atoms with Crippen molar-refractivity contribution in [3.63, 3.8) is 0 Å². The Hall–Kier alpha value is -0.940. The van der Waals surface area contributed by atoms with Gasteiger partial charge in [-0.15, -0.1) is 0 Å². The molecule has 1 aromatic rings. The van der Waals surface area contributed by atoms with Gasteiger partial charge in [0.25, 0.3) is 0 Å². The number of aryl methyl sites for hydroxylation is 1. The zero-order chi connectivity index (χ0) is 14.0. The smallest absolute Gasteiger partial charge is 0.164 e. The Morgan fingerprint density at radius 2 is 2.26 bits per heavy atom. The van der Waals surface area contributed by atoms with Crippen molar-refractivity contribution in [2.75, 3.05) is 6.61 Å². The van der Waals surface area contributed by atoms with E-state index in [1.165, 1.54) is 0 Å². The minimum atomic E-state index is 0.184. The van der Waals surface area contributed by atoms with Crippen LogP contribution in [0.4, 0.5) is 0 Å². The van der Waals surface area contributed by atoms with E-state index in [1.54, 1.807) is 11.0 Å². The minimum absolute atomic E-state index is 0.184. The summed E-state index contributed by atoms with van der Waals surface area (Å²) in [6, 6.07) is 0.480. The molecule has 0 aliphatic heterocycles. The van der Waals surface area contributed by atoms with Gasteiger partial charge in [-0.25, -0.2) is 4.98 Å². The first-order chi connectivity index (χ1) is 8.89. The average molecular weight is 266 g/mol. The lowest BCUT2D eigenvalue weighted by Gasteiger charge is -2.52. The quantitative estimate of drug-likeness (QED) is 0.852. The molecule has 0 radical (unpaired) electrons. The van der Waals surface area contributed by atoms with Gasteiger partial charge in [0.15, 0.2) is 5.82 Å². The molecular weight excluding hydrogens is 240 g/mol. The number of rotatable bonds is 6. The average Bonchev–Trinajstić information content (AvgIpc) is 2.72. The van der Waals surface area contributed by atoms with Gasteiger partial charge in [0.1, 0.15) is 6.33 Å². The molecule has 2 rings (SSSR count). The molecule has 0 amide bonds. The molecule has 1 aliphatic rings. The van der Waals surface area contributed by atoms with Gasteiger partial charge in [0, 0.05) is 25.1 Å². The van der Waals surface area contributed by atoms with Gasteiger partial charge in [-0.2, -0.15) is 5.10 Å². The fourth-order valence-electron chi connectivity index (χ4n) is 2.50. The highest BCUT2D eigenvalue weighted by Gasteiger charge is 2.48. The van der Waals surface area contributed by atoms with Crippen LogP contribution in [0.2, 0.25) is 0 Å². The van der Waals surface area contributed by atoms with E-state index in [1.807, 2.05) is 7.05 Å². The summed E-state index contributed by atoms with van der Waals surface area (Å²) in [4.78, 5) is 4.23. The molecule has 0 aromatic carbocycles. The Bertz CT molecular complexity index is 413. The van der Waals surface area contributed by atoms with E-state index in [9.17, 15) is 0 Å². The number of aromatic nitrogens is 3. The van der Waals surface area contributed by atoms with E-state index < -0.39 is 0 Å². The fraction of sp³-hybridized carbons (Fsp3) is 0.857. The van der Waals surface area contributed by atoms with E-state index in [-0.39, 0.29) is 5.41 Å². The van der Waals surface area contributed by atoms with Crippen molar-refractivity contribution in [1.29, 1.82) is 0 Å². The zero-order valence-corrected chi connectivity index (χ0v) is 12.7. The molecule has 2 atom stereocenters. The molecule has 2 unspecified atom stereocenters. The first-order valence-corrected chi connectivity index (χ1v) is 7.09. The topological polar surface area (TPSA) is 52.0 Å². The third-order valence-corrected chi connectivity index (χ3v) is 3.96. The summed E-state index contributed by atoms with van der Waals surface area (Å²) in [7, 11) is 1.89. The molecule has 19 heavy (non-hydrogen) atoms. The molecule has 1 aromatic heterocycles. The van der Waals surface area contributed by atoms with Crippen LogP contribution in [0.1, 0.15) is 39.9 Å². The highest BCUT2D eigenvalue weighted by molar-refractivity contribution is 5.03. The van der Waals surface area contributed by atoms with Crippen LogP contribution in [0.5, 0.6) is 0 Å². The summed E-state index contributed by atoms with van der Waals surface area (Å²) in [6.07, 6.45) is 3.17. The monoisotopic (exact) mass is 266 g/mol. The van der Waals surface area contributed by atoms with Crippen LogP contribution in [0.25, 0.3) is 0 Å². The van der Waals surface area contributed by atoms with Crippen molar-refractivity contribution in [3.05, 3.63) is 12.2 Å². The maximum absolute atomic E-state index is 5.97. The van der Waals surface area contributed by atoms with Crippen molar-refractivity contribution in [2.24, 2.45) is 18.4 Å². The number of hydrogen-bond acceptors (Lipinski definition) is 4. The third-order valence-electron chi connectivity index (χ3n) is 3.96. The van der Waals surface area contributed by atoms with Crippen molar-refractivity contribution >= 4 is 0 Å². The Balaban J connectivity index is 1.77. The fourth-order valence-corrected chi connectivity index (χ4v) is 2.50. The van der Waals surface area contributed by atoms with Crippen LogP contribution in [0.15, 0.2) is 6.33 Å². The molecule has 1 heterocycles. The Morgan fingerprint density at radius 3 is 2.79 bits per heavy atom. The first-order valence-electron chi connectivity index (χ1n) is 7.09. The van der Waals surface area contributed by atoms with Gasteiger partial charge in [-0.3, -0.25) is 4.68 Å². The lowest BCUT2D eigenvalue weighted by atomic mass is 9.64. The van der Waals surface area contributed by atoms with E-state index >= 15 is 0 Å². The molecule has 5 nitrogen and oxygen atoms in total. The number of ether oxygens (including phenoxy) is 1. The summed E-state index contributed by atoms with van der Waals surface area (Å²) in [5, 5.41) is 7.82. The van der Waals surface area contributed by atoms with Crippen LogP contribution in [-0.2, 0) is 18.3 Å². The van der Waals surface area contributed by atoms with Crippen LogP contribution in [-0.4, -0.2) is 33.5 Å². The number of hydrogen-bond donors (Lipinski definition) is 1. The second-order valence-corrected chi connectivity index (χ2v) is 6.54. The van der Waals surface area contributed by atoms with E-state index in [0.717, 1.165) is 25.4 Å². The van der Waals surface area contributed by atoms with Gasteiger partial charge in [0.2, 0.25) is 0 Å². The largest absolute Gasteiger partial charge is 0.377 e. The van der Waals surface area contributed by atoms with Gasteiger partial charge in [-0.1, -0.05) is 27.7 Å². The highest BCUT2D eigenvalue weighted by atomic mass is 16.5. The molecule has 1 aliphatic carbocycles. The normalized spacial score (nSPS) is 25.6. The highest BCUT2D eigenvalue weighted by Crippen LogP contribution is 2.43. The lowest BCUT2D eigenvalue weighted by Crippen LogP contribution is -2.60. The number of nitrogens with one attached hydrogen (secondary N) is 1. The lowest BCUT2D eigenvalue weighted by molar-refractivity contribution is -0.124. The Kier molecular flexibility index (Phi) is 4.26. The maximum atomic E-state index is 5.97. The summed E-state index contributed by atoms with van der Waals surface area (Å²) >= 11 is 0. The van der Waals surface area contributed by atoms with Crippen molar-refractivity contribution < 1.29 is 4.74 Å². The predicted octanol–water partition coefficient (Wildman–Crippen LogP) is 1.74. The summed E-state index contributed by atoms with van der Waals surface area (Å²) in [5.74, 6) is 1.45.